The van der Waals surface area contributed by atoms with Crippen LogP contribution in [0.2, 0.25) is 5.02 Å². The molecule has 0 aliphatic carbocycles. The minimum atomic E-state index is -3.53. The van der Waals surface area contributed by atoms with Crippen LogP contribution in [-0.4, -0.2) is 32.2 Å². The van der Waals surface area contributed by atoms with Crippen molar-refractivity contribution in [3.05, 3.63) is 27.7 Å². The fourth-order valence-electron chi connectivity index (χ4n) is 1.58. The second kappa shape index (κ2) is 7.84. The molecule has 0 N–H and O–H groups in total. The molecule has 0 saturated carbocycles. The third-order valence-corrected chi connectivity index (χ3v) is 5.79. The van der Waals surface area contributed by atoms with Crippen molar-refractivity contribution in [3.63, 3.8) is 0 Å². The molecule has 0 amide bonds. The van der Waals surface area contributed by atoms with E-state index >= 15 is 0 Å². The zero-order valence-corrected chi connectivity index (χ0v) is 14.5. The minimum Gasteiger partial charge on any atom is -0.207 e. The van der Waals surface area contributed by atoms with Crippen molar-refractivity contribution in [2.45, 2.75) is 24.2 Å². The summed E-state index contributed by atoms with van der Waals surface area (Å²) in [6.45, 7) is 0.464. The predicted octanol–water partition coefficient (Wildman–Crippen LogP) is 4.13. The lowest BCUT2D eigenvalue weighted by molar-refractivity contribution is 0.454. The number of hydrogen-bond donors (Lipinski definition) is 0. The van der Waals surface area contributed by atoms with Gasteiger partial charge in [0.15, 0.2) is 0 Å². The van der Waals surface area contributed by atoms with E-state index in [-0.39, 0.29) is 9.92 Å². The molecule has 0 atom stereocenters. The van der Waals surface area contributed by atoms with E-state index in [0.717, 1.165) is 23.7 Å². The van der Waals surface area contributed by atoms with Crippen molar-refractivity contribution in [2.75, 3.05) is 19.5 Å². The zero-order valence-electron chi connectivity index (χ0n) is 10.6. The van der Waals surface area contributed by atoms with E-state index in [4.69, 9.17) is 23.2 Å². The Labute approximate surface area is 133 Å². The Morgan fingerprint density at radius 2 is 1.95 bits per heavy atom. The van der Waals surface area contributed by atoms with Crippen molar-refractivity contribution < 1.29 is 8.42 Å². The summed E-state index contributed by atoms with van der Waals surface area (Å²) in [6, 6.07) is 4.76. The van der Waals surface area contributed by atoms with Gasteiger partial charge in [0.1, 0.15) is 4.90 Å². The van der Waals surface area contributed by atoms with Crippen molar-refractivity contribution in [3.8, 4) is 0 Å². The van der Waals surface area contributed by atoms with E-state index in [9.17, 15) is 8.42 Å². The SMILES string of the molecule is CN(CCCCCCl)S(=O)(=O)c1ccc(Br)cc1Cl. The van der Waals surface area contributed by atoms with E-state index in [0.29, 0.717) is 12.4 Å². The van der Waals surface area contributed by atoms with Gasteiger partial charge in [0, 0.05) is 23.9 Å². The molecule has 1 aromatic carbocycles. The first-order chi connectivity index (χ1) is 8.89. The van der Waals surface area contributed by atoms with Crippen molar-refractivity contribution in [2.24, 2.45) is 0 Å². The maximum Gasteiger partial charge on any atom is 0.244 e. The van der Waals surface area contributed by atoms with Crippen molar-refractivity contribution in [1.82, 2.24) is 4.31 Å². The summed E-state index contributed by atoms with van der Waals surface area (Å²) in [6.07, 6.45) is 2.60. The first-order valence-corrected chi connectivity index (χ1v) is 9.01. The highest BCUT2D eigenvalue weighted by Gasteiger charge is 2.23. The molecule has 0 heterocycles. The summed E-state index contributed by atoms with van der Waals surface area (Å²) < 4.78 is 26.7. The third kappa shape index (κ3) is 4.90. The predicted molar refractivity (Wildman–Crippen MR) is 83.5 cm³/mol. The maximum absolute atomic E-state index is 12.3. The van der Waals surface area contributed by atoms with E-state index in [2.05, 4.69) is 15.9 Å². The molecule has 19 heavy (non-hydrogen) atoms. The van der Waals surface area contributed by atoms with E-state index in [1.165, 1.54) is 10.4 Å². The van der Waals surface area contributed by atoms with Gasteiger partial charge in [0.05, 0.1) is 5.02 Å². The molecule has 0 saturated heterocycles. The van der Waals surface area contributed by atoms with Gasteiger partial charge in [0.2, 0.25) is 10.0 Å². The van der Waals surface area contributed by atoms with Crippen LogP contribution in [0, 0.1) is 0 Å². The molecular formula is C12H16BrCl2NO2S. The van der Waals surface area contributed by atoms with Crippen LogP contribution < -0.4 is 0 Å². The van der Waals surface area contributed by atoms with Crippen LogP contribution in [0.25, 0.3) is 0 Å². The molecule has 0 spiro atoms. The number of nitrogens with zero attached hydrogens (tertiary/aromatic N) is 1. The summed E-state index contributed by atoms with van der Waals surface area (Å²) >= 11 is 14.8. The van der Waals surface area contributed by atoms with Gasteiger partial charge in [-0.1, -0.05) is 34.0 Å². The standard InChI is InChI=1S/C12H16BrCl2NO2S/c1-16(8-4-2-3-7-14)19(17,18)12-6-5-10(13)9-11(12)15/h5-6,9H,2-4,7-8H2,1H3. The second-order valence-electron chi connectivity index (χ2n) is 4.15. The van der Waals surface area contributed by atoms with Crippen LogP contribution in [0.3, 0.4) is 0 Å². The highest BCUT2D eigenvalue weighted by Crippen LogP contribution is 2.27. The Kier molecular flexibility index (Phi) is 7.11. The lowest BCUT2D eigenvalue weighted by Gasteiger charge is -2.18. The van der Waals surface area contributed by atoms with Gasteiger partial charge in [0.25, 0.3) is 0 Å². The van der Waals surface area contributed by atoms with Gasteiger partial charge >= 0.3 is 0 Å². The summed E-state index contributed by atoms with van der Waals surface area (Å²) in [5.74, 6) is 0.606. The molecule has 0 bridgehead atoms. The van der Waals surface area contributed by atoms with Gasteiger partial charge in [-0.15, -0.1) is 11.6 Å². The van der Waals surface area contributed by atoms with Gasteiger partial charge in [-0.05, 0) is 31.0 Å². The molecule has 1 rings (SSSR count). The highest BCUT2D eigenvalue weighted by atomic mass is 79.9. The van der Waals surface area contributed by atoms with E-state index in [1.54, 1.807) is 19.2 Å². The van der Waals surface area contributed by atoms with E-state index in [1.807, 2.05) is 0 Å². The molecule has 0 aliphatic heterocycles. The number of sulfonamides is 1. The van der Waals surface area contributed by atoms with Gasteiger partial charge in [-0.25, -0.2) is 12.7 Å². The smallest absolute Gasteiger partial charge is 0.207 e. The monoisotopic (exact) mass is 387 g/mol. The number of alkyl halides is 1. The lowest BCUT2D eigenvalue weighted by Crippen LogP contribution is -2.28. The van der Waals surface area contributed by atoms with Crippen LogP contribution in [0.5, 0.6) is 0 Å². The number of unbranched alkanes of at least 4 members (excludes halogenated alkanes) is 2. The molecule has 0 aliphatic rings. The van der Waals surface area contributed by atoms with Crippen molar-refractivity contribution >= 4 is 49.2 Å². The molecule has 0 radical (unpaired) electrons. The summed E-state index contributed by atoms with van der Waals surface area (Å²) in [7, 11) is -1.96. The molecule has 0 fully saturated rings. The normalized spacial score (nSPS) is 12.1. The molecule has 7 heteroatoms. The second-order valence-corrected chi connectivity index (χ2v) is 7.87. The molecule has 0 aromatic heterocycles. The lowest BCUT2D eigenvalue weighted by atomic mass is 10.2. The highest BCUT2D eigenvalue weighted by molar-refractivity contribution is 9.10. The molecule has 0 unspecified atom stereocenters. The number of halogens is 3. The van der Waals surface area contributed by atoms with Crippen LogP contribution in [0.15, 0.2) is 27.6 Å². The van der Waals surface area contributed by atoms with Crippen LogP contribution in [0.4, 0.5) is 0 Å². The molecule has 108 valence electrons. The Morgan fingerprint density at radius 3 is 2.53 bits per heavy atom. The first-order valence-electron chi connectivity index (χ1n) is 5.87. The number of rotatable bonds is 7. The summed E-state index contributed by atoms with van der Waals surface area (Å²) in [5, 5.41) is 0.224. The minimum absolute atomic E-state index is 0.136. The van der Waals surface area contributed by atoms with Gasteiger partial charge in [-0.3, -0.25) is 0 Å². The largest absolute Gasteiger partial charge is 0.244 e. The van der Waals surface area contributed by atoms with Crippen LogP contribution in [-0.2, 0) is 10.0 Å². The van der Waals surface area contributed by atoms with Crippen molar-refractivity contribution in [1.29, 1.82) is 0 Å². The van der Waals surface area contributed by atoms with Gasteiger partial charge in [-0.2, -0.15) is 0 Å². The fraction of sp³-hybridized carbons (Fsp3) is 0.500. The summed E-state index contributed by atoms with van der Waals surface area (Å²) in [4.78, 5) is 0.136. The number of hydrogen-bond acceptors (Lipinski definition) is 2. The Bertz CT molecular complexity index is 522. The van der Waals surface area contributed by atoms with E-state index < -0.39 is 10.0 Å². The Hall–Kier alpha value is 0.190. The average Bonchev–Trinajstić information content (AvgIpc) is 2.33. The molecular weight excluding hydrogens is 373 g/mol. The fourth-order valence-corrected chi connectivity index (χ4v) is 3.98. The maximum atomic E-state index is 12.3. The topological polar surface area (TPSA) is 37.4 Å². The van der Waals surface area contributed by atoms with Crippen LogP contribution >= 0.6 is 39.1 Å². The third-order valence-electron chi connectivity index (χ3n) is 2.69. The Morgan fingerprint density at radius 1 is 1.26 bits per heavy atom. The molecule has 1 aromatic rings. The zero-order chi connectivity index (χ0) is 14.5. The number of benzene rings is 1. The van der Waals surface area contributed by atoms with Gasteiger partial charge < -0.3 is 0 Å². The van der Waals surface area contributed by atoms with Crippen LogP contribution in [0.1, 0.15) is 19.3 Å². The average molecular weight is 389 g/mol. The summed E-state index contributed by atoms with van der Waals surface area (Å²) in [5.41, 5.74) is 0. The molecule has 3 nitrogen and oxygen atoms in total. The first kappa shape index (κ1) is 17.2. The quantitative estimate of drug-likeness (QED) is 0.520. The Balaban J connectivity index is 2.79.